The van der Waals surface area contributed by atoms with Gasteiger partial charge in [0.1, 0.15) is 11.4 Å². The van der Waals surface area contributed by atoms with E-state index in [9.17, 15) is 9.59 Å². The minimum Gasteiger partial charge on any atom is -0.497 e. The zero-order valence-corrected chi connectivity index (χ0v) is 13.7. The van der Waals surface area contributed by atoms with Crippen LogP contribution in [-0.4, -0.2) is 41.2 Å². The molecule has 1 amide bonds. The molecule has 1 aliphatic rings. The van der Waals surface area contributed by atoms with Gasteiger partial charge in [-0.2, -0.15) is 5.10 Å². The third kappa shape index (κ3) is 3.64. The number of benzene rings is 1. The third-order valence-corrected chi connectivity index (χ3v) is 4.44. The molecule has 0 aliphatic carbocycles. The molecule has 0 unspecified atom stereocenters. The van der Waals surface area contributed by atoms with Gasteiger partial charge in [0.15, 0.2) is 0 Å². The molecular weight excluding hydrogens is 306 g/mol. The van der Waals surface area contributed by atoms with Crippen LogP contribution in [-0.2, 0) is 0 Å². The minimum absolute atomic E-state index is 0.133. The maximum absolute atomic E-state index is 12.7. The zero-order chi connectivity index (χ0) is 16.9. The number of hydrogen-bond acceptors (Lipinski definition) is 4. The Labute approximate surface area is 140 Å². The van der Waals surface area contributed by atoms with Gasteiger partial charge in [-0.1, -0.05) is 18.6 Å². The van der Waals surface area contributed by atoms with E-state index >= 15 is 0 Å². The van der Waals surface area contributed by atoms with E-state index in [1.54, 1.807) is 7.11 Å². The normalized spacial score (nSPS) is 18.0. The van der Waals surface area contributed by atoms with Gasteiger partial charge in [0, 0.05) is 25.1 Å². The molecule has 1 aliphatic heterocycles. The molecule has 6 heteroatoms. The molecule has 1 atom stereocenters. The van der Waals surface area contributed by atoms with Crippen molar-refractivity contribution in [1.29, 1.82) is 0 Å². The first-order valence-corrected chi connectivity index (χ1v) is 8.16. The van der Waals surface area contributed by atoms with E-state index in [1.165, 1.54) is 17.7 Å². The minimum atomic E-state index is -0.307. The van der Waals surface area contributed by atoms with E-state index in [4.69, 9.17) is 4.74 Å². The van der Waals surface area contributed by atoms with Gasteiger partial charge in [0.05, 0.1) is 7.11 Å². The van der Waals surface area contributed by atoms with E-state index in [2.05, 4.69) is 22.3 Å². The lowest BCUT2D eigenvalue weighted by atomic mass is 9.94. The summed E-state index contributed by atoms with van der Waals surface area (Å²) in [7, 11) is 1.65. The summed E-state index contributed by atoms with van der Waals surface area (Å²) >= 11 is 0. The van der Waals surface area contributed by atoms with Crippen molar-refractivity contribution < 1.29 is 9.53 Å². The highest BCUT2D eigenvalue weighted by Crippen LogP contribution is 2.28. The van der Waals surface area contributed by atoms with Gasteiger partial charge in [0.25, 0.3) is 11.5 Å². The number of amides is 1. The van der Waals surface area contributed by atoms with E-state index in [0.29, 0.717) is 19.0 Å². The SMILES string of the molecule is COc1ccc([C@@H]2CCCCN(C(=O)c3ccc(=O)[nH]n3)C2)cc1. The van der Waals surface area contributed by atoms with Crippen LogP contribution in [0.3, 0.4) is 0 Å². The molecule has 126 valence electrons. The van der Waals surface area contributed by atoms with E-state index in [1.807, 2.05) is 17.0 Å². The smallest absolute Gasteiger partial charge is 0.274 e. The third-order valence-electron chi connectivity index (χ3n) is 4.44. The van der Waals surface area contributed by atoms with Crippen LogP contribution in [0, 0.1) is 0 Å². The van der Waals surface area contributed by atoms with Crippen molar-refractivity contribution in [2.45, 2.75) is 25.2 Å². The Balaban J connectivity index is 1.77. The predicted octanol–water partition coefficient (Wildman–Crippen LogP) is 2.19. The highest BCUT2D eigenvalue weighted by Gasteiger charge is 2.24. The van der Waals surface area contributed by atoms with Crippen molar-refractivity contribution in [3.05, 3.63) is 58.0 Å². The van der Waals surface area contributed by atoms with Crippen LogP contribution in [0.1, 0.15) is 41.2 Å². The van der Waals surface area contributed by atoms with Crippen LogP contribution >= 0.6 is 0 Å². The number of hydrogen-bond donors (Lipinski definition) is 1. The largest absolute Gasteiger partial charge is 0.497 e. The summed E-state index contributed by atoms with van der Waals surface area (Å²) in [6.07, 6.45) is 3.11. The molecule has 24 heavy (non-hydrogen) atoms. The zero-order valence-electron chi connectivity index (χ0n) is 13.7. The number of nitrogens with one attached hydrogen (secondary N) is 1. The number of rotatable bonds is 3. The summed E-state index contributed by atoms with van der Waals surface area (Å²) in [4.78, 5) is 25.6. The second-order valence-corrected chi connectivity index (χ2v) is 6.02. The summed E-state index contributed by atoms with van der Waals surface area (Å²) in [5.74, 6) is 0.995. The van der Waals surface area contributed by atoms with Crippen molar-refractivity contribution in [2.75, 3.05) is 20.2 Å². The number of likely N-dealkylation sites (tertiary alicyclic amines) is 1. The number of carbonyl (C=O) groups is 1. The lowest BCUT2D eigenvalue weighted by Gasteiger charge is -2.24. The van der Waals surface area contributed by atoms with Crippen LogP contribution in [0.5, 0.6) is 5.75 Å². The maximum Gasteiger partial charge on any atom is 0.274 e. The Hall–Kier alpha value is -2.63. The van der Waals surface area contributed by atoms with Gasteiger partial charge >= 0.3 is 0 Å². The maximum atomic E-state index is 12.7. The van der Waals surface area contributed by atoms with E-state index in [-0.39, 0.29) is 17.2 Å². The molecule has 0 bridgehead atoms. The number of aromatic nitrogens is 2. The number of nitrogens with zero attached hydrogens (tertiary/aromatic N) is 2. The number of ether oxygens (including phenoxy) is 1. The van der Waals surface area contributed by atoms with Crippen LogP contribution in [0.25, 0.3) is 0 Å². The average Bonchev–Trinajstić information content (AvgIpc) is 2.88. The van der Waals surface area contributed by atoms with Crippen LogP contribution in [0.15, 0.2) is 41.2 Å². The number of aromatic amines is 1. The number of methoxy groups -OCH3 is 1. The first-order valence-electron chi connectivity index (χ1n) is 8.16. The van der Waals surface area contributed by atoms with Crippen LogP contribution < -0.4 is 10.3 Å². The van der Waals surface area contributed by atoms with Crippen LogP contribution in [0.2, 0.25) is 0 Å². The fraction of sp³-hybridized carbons (Fsp3) is 0.389. The summed E-state index contributed by atoms with van der Waals surface area (Å²) < 4.78 is 5.21. The number of carbonyl (C=O) groups excluding carboxylic acids is 1. The van der Waals surface area contributed by atoms with Gasteiger partial charge in [-0.15, -0.1) is 0 Å². The van der Waals surface area contributed by atoms with Crippen molar-refractivity contribution in [2.24, 2.45) is 0 Å². The first-order chi connectivity index (χ1) is 11.7. The average molecular weight is 327 g/mol. The second-order valence-electron chi connectivity index (χ2n) is 6.02. The molecule has 1 saturated heterocycles. The Bertz CT molecular complexity index is 734. The molecule has 1 fully saturated rings. The Kier molecular flexibility index (Phi) is 4.93. The van der Waals surface area contributed by atoms with Crippen molar-refractivity contribution in [1.82, 2.24) is 15.1 Å². The highest BCUT2D eigenvalue weighted by atomic mass is 16.5. The van der Waals surface area contributed by atoms with Gasteiger partial charge in [-0.3, -0.25) is 9.59 Å². The summed E-state index contributed by atoms with van der Waals surface area (Å²) in [6, 6.07) is 10.9. The van der Waals surface area contributed by atoms with Gasteiger partial charge in [-0.25, -0.2) is 5.10 Å². The quantitative estimate of drug-likeness (QED) is 0.937. The lowest BCUT2D eigenvalue weighted by Crippen LogP contribution is -2.35. The summed E-state index contributed by atoms with van der Waals surface area (Å²) in [5.41, 5.74) is 1.19. The highest BCUT2D eigenvalue weighted by molar-refractivity contribution is 5.92. The summed E-state index contributed by atoms with van der Waals surface area (Å²) in [5, 5.41) is 6.18. The van der Waals surface area contributed by atoms with E-state index in [0.717, 1.165) is 25.0 Å². The fourth-order valence-corrected chi connectivity index (χ4v) is 3.10. The Morgan fingerprint density at radius 2 is 2.00 bits per heavy atom. The molecule has 2 aromatic rings. The van der Waals surface area contributed by atoms with Crippen molar-refractivity contribution in [3.8, 4) is 5.75 Å². The second kappa shape index (κ2) is 7.29. The van der Waals surface area contributed by atoms with Crippen LogP contribution in [0.4, 0.5) is 0 Å². The topological polar surface area (TPSA) is 75.3 Å². The lowest BCUT2D eigenvalue weighted by molar-refractivity contribution is 0.0747. The number of H-pyrrole nitrogens is 1. The molecule has 0 spiro atoms. The molecule has 0 radical (unpaired) electrons. The Morgan fingerprint density at radius 3 is 2.67 bits per heavy atom. The van der Waals surface area contributed by atoms with Gasteiger partial charge < -0.3 is 9.64 Å². The molecule has 2 heterocycles. The van der Waals surface area contributed by atoms with E-state index < -0.39 is 0 Å². The molecule has 3 rings (SSSR count). The monoisotopic (exact) mass is 327 g/mol. The molecule has 1 aromatic heterocycles. The molecule has 0 saturated carbocycles. The van der Waals surface area contributed by atoms with Gasteiger partial charge in [-0.05, 0) is 36.6 Å². The molecular formula is C18H21N3O3. The summed E-state index contributed by atoms with van der Waals surface area (Å²) in [6.45, 7) is 1.37. The standard InChI is InChI=1S/C18H21N3O3/c1-24-15-7-5-13(6-8-15)14-4-2-3-11-21(12-14)18(23)16-9-10-17(22)20-19-16/h5-10,14H,2-4,11-12H2,1H3,(H,20,22)/t14-/m1/s1. The van der Waals surface area contributed by atoms with Gasteiger partial charge in [0.2, 0.25) is 0 Å². The van der Waals surface area contributed by atoms with Crippen molar-refractivity contribution >= 4 is 5.91 Å². The molecule has 1 aromatic carbocycles. The molecule has 6 nitrogen and oxygen atoms in total. The fourth-order valence-electron chi connectivity index (χ4n) is 3.10. The Morgan fingerprint density at radius 1 is 1.21 bits per heavy atom. The molecule has 1 N–H and O–H groups in total. The first kappa shape index (κ1) is 16.2. The predicted molar refractivity (Wildman–Crippen MR) is 90.3 cm³/mol. The van der Waals surface area contributed by atoms with Crippen molar-refractivity contribution in [3.63, 3.8) is 0 Å².